The van der Waals surface area contributed by atoms with Gasteiger partial charge in [-0.15, -0.1) is 0 Å². The average molecular weight is 435 g/mol. The van der Waals surface area contributed by atoms with Crippen LogP contribution >= 0.6 is 0 Å². The van der Waals surface area contributed by atoms with Crippen molar-refractivity contribution in [1.82, 2.24) is 10.6 Å². The molecule has 2 heterocycles. The van der Waals surface area contributed by atoms with E-state index in [1.165, 1.54) is 0 Å². The van der Waals surface area contributed by atoms with Crippen LogP contribution in [0.15, 0.2) is 52.2 Å². The zero-order chi connectivity index (χ0) is 22.7. The third-order valence-electron chi connectivity index (χ3n) is 4.96. The number of methoxy groups -OCH3 is 2. The van der Waals surface area contributed by atoms with E-state index in [4.69, 9.17) is 24.4 Å². The molecule has 3 N–H and O–H groups in total. The fraction of sp³-hybridized carbons (Fsp3) is 0.261. The predicted octanol–water partition coefficient (Wildman–Crippen LogP) is 3.31. The number of amidine groups is 1. The Kier molecular flexibility index (Phi) is 5.98. The molecule has 0 amide bonds. The van der Waals surface area contributed by atoms with Crippen molar-refractivity contribution in [1.29, 1.82) is 5.41 Å². The molecule has 0 fully saturated rings. The number of rotatable bonds is 6. The van der Waals surface area contributed by atoms with E-state index in [1.807, 2.05) is 43.3 Å². The summed E-state index contributed by atoms with van der Waals surface area (Å²) in [4.78, 5) is 8.99. The first-order valence-corrected chi connectivity index (χ1v) is 10.0. The first-order valence-electron chi connectivity index (χ1n) is 10.0. The van der Waals surface area contributed by atoms with E-state index in [-0.39, 0.29) is 6.79 Å². The number of allylic oxidation sites excluding steroid dienone is 1. The highest BCUT2D eigenvalue weighted by molar-refractivity contribution is 6.23. The molecule has 2 aliphatic rings. The highest BCUT2D eigenvalue weighted by Crippen LogP contribution is 2.33. The van der Waals surface area contributed by atoms with Crippen LogP contribution in [0.5, 0.6) is 23.0 Å². The molecule has 166 valence electrons. The SMILES string of the molecule is COc1ccc(/C(C(C)=N)=C2\N=C(C)N=C(NCc3ccc4c(c3)OCO4)N2)cc1OC. The molecule has 0 unspecified atom stereocenters. The largest absolute Gasteiger partial charge is 0.493 e. The fourth-order valence-corrected chi connectivity index (χ4v) is 3.48. The maximum atomic E-state index is 8.37. The molecule has 0 aliphatic carbocycles. The van der Waals surface area contributed by atoms with Gasteiger partial charge in [-0.3, -0.25) is 0 Å². The van der Waals surface area contributed by atoms with Crippen molar-refractivity contribution in [3.8, 4) is 23.0 Å². The minimum atomic E-state index is 0.242. The van der Waals surface area contributed by atoms with Crippen molar-refractivity contribution in [3.63, 3.8) is 0 Å². The van der Waals surface area contributed by atoms with E-state index in [0.717, 1.165) is 22.6 Å². The van der Waals surface area contributed by atoms with Crippen molar-refractivity contribution >= 4 is 23.1 Å². The van der Waals surface area contributed by atoms with Crippen molar-refractivity contribution in [2.45, 2.75) is 20.4 Å². The van der Waals surface area contributed by atoms with E-state index in [2.05, 4.69) is 20.6 Å². The van der Waals surface area contributed by atoms with Crippen LogP contribution < -0.4 is 29.6 Å². The first kappa shape index (κ1) is 21.2. The fourth-order valence-electron chi connectivity index (χ4n) is 3.48. The molecule has 0 aromatic heterocycles. The van der Waals surface area contributed by atoms with Gasteiger partial charge in [0.25, 0.3) is 0 Å². The summed E-state index contributed by atoms with van der Waals surface area (Å²) < 4.78 is 21.6. The number of ether oxygens (including phenoxy) is 4. The molecule has 2 aromatic rings. The van der Waals surface area contributed by atoms with E-state index in [0.29, 0.717) is 46.9 Å². The number of hydrogen-bond donors (Lipinski definition) is 3. The summed E-state index contributed by atoms with van der Waals surface area (Å²) in [6, 6.07) is 11.3. The Hall–Kier alpha value is -4.01. The van der Waals surface area contributed by atoms with Gasteiger partial charge in [-0.05, 0) is 49.2 Å². The molecule has 2 aliphatic heterocycles. The van der Waals surface area contributed by atoms with Gasteiger partial charge >= 0.3 is 0 Å². The Morgan fingerprint density at radius 1 is 1.06 bits per heavy atom. The maximum absolute atomic E-state index is 8.37. The summed E-state index contributed by atoms with van der Waals surface area (Å²) in [6.45, 7) is 4.30. The number of nitrogens with one attached hydrogen (secondary N) is 3. The lowest BCUT2D eigenvalue weighted by atomic mass is 10.0. The van der Waals surface area contributed by atoms with E-state index in [1.54, 1.807) is 21.1 Å². The van der Waals surface area contributed by atoms with Crippen LogP contribution in [0.25, 0.3) is 5.57 Å². The number of hydrogen-bond acceptors (Lipinski definition) is 9. The highest BCUT2D eigenvalue weighted by atomic mass is 16.7. The molecular weight excluding hydrogens is 410 g/mol. The zero-order valence-electron chi connectivity index (χ0n) is 18.4. The molecular formula is C23H25N5O4. The molecule has 0 saturated carbocycles. The Balaban J connectivity index is 1.59. The quantitative estimate of drug-likeness (QED) is 0.601. The lowest BCUT2D eigenvalue weighted by Gasteiger charge is -2.20. The second-order valence-corrected chi connectivity index (χ2v) is 7.20. The molecule has 0 radical (unpaired) electrons. The number of fused-ring (bicyclic) bond motifs is 1. The van der Waals surface area contributed by atoms with Gasteiger partial charge in [-0.2, -0.15) is 4.99 Å². The maximum Gasteiger partial charge on any atom is 0.231 e. The summed E-state index contributed by atoms with van der Waals surface area (Å²) in [5, 5.41) is 14.9. The monoisotopic (exact) mass is 435 g/mol. The van der Waals surface area contributed by atoms with Crippen LogP contribution in [-0.2, 0) is 6.54 Å². The second kappa shape index (κ2) is 9.01. The van der Waals surface area contributed by atoms with Gasteiger partial charge < -0.3 is 35.0 Å². The Morgan fingerprint density at radius 2 is 1.84 bits per heavy atom. The van der Waals surface area contributed by atoms with Gasteiger partial charge in [0.1, 0.15) is 11.7 Å². The molecule has 2 aromatic carbocycles. The third-order valence-corrected chi connectivity index (χ3v) is 4.96. The molecule has 0 saturated heterocycles. The second-order valence-electron chi connectivity index (χ2n) is 7.20. The third kappa shape index (κ3) is 4.36. The number of nitrogens with zero attached hydrogens (tertiary/aromatic N) is 2. The summed E-state index contributed by atoms with van der Waals surface area (Å²) in [5.74, 6) is 4.33. The van der Waals surface area contributed by atoms with Gasteiger partial charge in [0, 0.05) is 17.8 Å². The average Bonchev–Trinajstić information content (AvgIpc) is 3.25. The van der Waals surface area contributed by atoms with Crippen LogP contribution in [0.1, 0.15) is 25.0 Å². The van der Waals surface area contributed by atoms with Gasteiger partial charge in [0.2, 0.25) is 12.8 Å². The molecule has 9 nitrogen and oxygen atoms in total. The topological polar surface area (TPSA) is 110 Å². The van der Waals surface area contributed by atoms with Crippen LogP contribution in [0, 0.1) is 5.41 Å². The smallest absolute Gasteiger partial charge is 0.231 e. The van der Waals surface area contributed by atoms with Crippen LogP contribution in [-0.4, -0.2) is 38.5 Å². The minimum Gasteiger partial charge on any atom is -0.493 e. The summed E-state index contributed by atoms with van der Waals surface area (Å²) >= 11 is 0. The molecule has 9 heteroatoms. The molecule has 0 bridgehead atoms. The van der Waals surface area contributed by atoms with E-state index < -0.39 is 0 Å². The van der Waals surface area contributed by atoms with E-state index in [9.17, 15) is 0 Å². The zero-order valence-corrected chi connectivity index (χ0v) is 18.4. The number of benzene rings is 2. The van der Waals surface area contributed by atoms with Crippen molar-refractivity contribution in [2.24, 2.45) is 9.98 Å². The number of guanidine groups is 1. The van der Waals surface area contributed by atoms with Crippen LogP contribution in [0.4, 0.5) is 0 Å². The summed E-state index contributed by atoms with van der Waals surface area (Å²) in [7, 11) is 3.17. The predicted molar refractivity (Wildman–Crippen MR) is 123 cm³/mol. The van der Waals surface area contributed by atoms with Crippen LogP contribution in [0.2, 0.25) is 0 Å². The minimum absolute atomic E-state index is 0.242. The molecule has 0 atom stereocenters. The van der Waals surface area contributed by atoms with E-state index >= 15 is 0 Å². The molecule has 32 heavy (non-hydrogen) atoms. The Bertz CT molecular complexity index is 1150. The number of aliphatic imine (C=N–C) groups is 2. The van der Waals surface area contributed by atoms with Gasteiger partial charge in [-0.1, -0.05) is 12.1 Å². The first-order chi connectivity index (χ1) is 15.5. The lowest BCUT2D eigenvalue weighted by Crippen LogP contribution is -2.39. The molecule has 0 spiro atoms. The van der Waals surface area contributed by atoms with Crippen molar-refractivity contribution in [2.75, 3.05) is 21.0 Å². The van der Waals surface area contributed by atoms with Crippen molar-refractivity contribution in [3.05, 3.63) is 53.3 Å². The summed E-state index contributed by atoms with van der Waals surface area (Å²) in [5.41, 5.74) is 2.80. The summed E-state index contributed by atoms with van der Waals surface area (Å²) in [6.07, 6.45) is 0. The molecule has 4 rings (SSSR count). The normalized spacial score (nSPS) is 15.9. The Morgan fingerprint density at radius 3 is 2.59 bits per heavy atom. The standard InChI is InChI=1S/C23H25N5O4/c1-13(24)21(16-6-8-17(29-3)19(10-16)30-4)22-26-14(2)27-23(28-22)25-11-15-5-7-18-20(9-15)32-12-31-18/h5-10,24H,11-12H2,1-4H3,(H2,25,26,27,28)/b22-21+,24-13?. The van der Waals surface area contributed by atoms with Crippen molar-refractivity contribution < 1.29 is 18.9 Å². The van der Waals surface area contributed by atoms with Crippen LogP contribution in [0.3, 0.4) is 0 Å². The van der Waals surface area contributed by atoms with Gasteiger partial charge in [-0.25, -0.2) is 4.99 Å². The highest BCUT2D eigenvalue weighted by Gasteiger charge is 2.19. The lowest BCUT2D eigenvalue weighted by molar-refractivity contribution is 0.174. The van der Waals surface area contributed by atoms with Gasteiger partial charge in [0.05, 0.1) is 14.2 Å². The Labute approximate surface area is 186 Å². The van der Waals surface area contributed by atoms with Gasteiger partial charge in [0.15, 0.2) is 23.0 Å².